The van der Waals surface area contributed by atoms with Crippen LogP contribution in [0.4, 0.5) is 0 Å². The normalized spacial score (nSPS) is 17.3. The largest absolute Gasteiger partial charge is 0.342 e. The highest BCUT2D eigenvalue weighted by molar-refractivity contribution is 5.78. The maximum absolute atomic E-state index is 12.0. The predicted octanol–water partition coefficient (Wildman–Crippen LogP) is 3.30. The van der Waals surface area contributed by atoms with E-state index in [2.05, 4.69) is 13.5 Å². The van der Waals surface area contributed by atoms with E-state index in [1.807, 2.05) is 11.0 Å². The van der Waals surface area contributed by atoms with E-state index in [1.165, 1.54) is 24.8 Å². The molecule has 0 aromatic heterocycles. The van der Waals surface area contributed by atoms with Crippen LogP contribution in [0, 0.1) is 0 Å². The van der Waals surface area contributed by atoms with E-state index in [-0.39, 0.29) is 0 Å². The first-order valence-electron chi connectivity index (χ1n) is 6.36. The first-order valence-corrected chi connectivity index (χ1v) is 6.36. The van der Waals surface area contributed by atoms with Crippen LogP contribution in [0.3, 0.4) is 0 Å². The van der Waals surface area contributed by atoms with Crippen LogP contribution in [0.2, 0.25) is 0 Å². The standard InChI is InChI=1S/C14H23NO/c1-3-8-13(9-4-2)12-14(16)15-10-6-5-7-11-15/h3,8H,1,4-7,9-12H2,2H3/b13-8+. The number of carbonyl (C=O) groups is 1. The van der Waals surface area contributed by atoms with Gasteiger partial charge in [-0.05, 0) is 25.7 Å². The summed E-state index contributed by atoms with van der Waals surface area (Å²) in [7, 11) is 0. The SMILES string of the molecule is C=C/C=C(\CCC)CC(=O)N1CCCCC1. The molecule has 0 aliphatic carbocycles. The van der Waals surface area contributed by atoms with Crippen LogP contribution in [0.25, 0.3) is 0 Å². The zero-order valence-electron chi connectivity index (χ0n) is 10.4. The van der Waals surface area contributed by atoms with Gasteiger partial charge in [0.1, 0.15) is 0 Å². The van der Waals surface area contributed by atoms with Crippen molar-refractivity contribution >= 4 is 5.91 Å². The molecule has 1 rings (SSSR count). The third-order valence-electron chi connectivity index (χ3n) is 3.01. The third kappa shape index (κ3) is 4.21. The number of allylic oxidation sites excluding steroid dienone is 2. The fraction of sp³-hybridized carbons (Fsp3) is 0.643. The van der Waals surface area contributed by atoms with Gasteiger partial charge in [0.2, 0.25) is 5.91 Å². The molecular formula is C14H23NO. The minimum Gasteiger partial charge on any atom is -0.342 e. The Hall–Kier alpha value is -1.05. The minimum absolute atomic E-state index is 0.293. The number of nitrogens with zero attached hydrogens (tertiary/aromatic N) is 1. The highest BCUT2D eigenvalue weighted by Crippen LogP contribution is 2.15. The Labute approximate surface area is 99.0 Å². The number of likely N-dealkylation sites (tertiary alicyclic amines) is 1. The minimum atomic E-state index is 0.293. The zero-order valence-corrected chi connectivity index (χ0v) is 10.4. The predicted molar refractivity (Wildman–Crippen MR) is 68.2 cm³/mol. The highest BCUT2D eigenvalue weighted by Gasteiger charge is 2.16. The van der Waals surface area contributed by atoms with Gasteiger partial charge in [-0.3, -0.25) is 4.79 Å². The molecule has 0 radical (unpaired) electrons. The van der Waals surface area contributed by atoms with Crippen molar-refractivity contribution in [3.8, 4) is 0 Å². The van der Waals surface area contributed by atoms with Crippen molar-refractivity contribution in [2.24, 2.45) is 0 Å². The lowest BCUT2D eigenvalue weighted by atomic mass is 10.0. The molecule has 1 saturated heterocycles. The van der Waals surface area contributed by atoms with Gasteiger partial charge in [0.15, 0.2) is 0 Å². The Morgan fingerprint density at radius 2 is 2.00 bits per heavy atom. The molecular weight excluding hydrogens is 198 g/mol. The van der Waals surface area contributed by atoms with E-state index >= 15 is 0 Å². The second-order valence-electron chi connectivity index (χ2n) is 4.43. The number of hydrogen-bond donors (Lipinski definition) is 0. The lowest BCUT2D eigenvalue weighted by molar-refractivity contribution is -0.131. The second-order valence-corrected chi connectivity index (χ2v) is 4.43. The molecule has 0 unspecified atom stereocenters. The smallest absolute Gasteiger partial charge is 0.226 e. The van der Waals surface area contributed by atoms with Crippen molar-refractivity contribution in [1.82, 2.24) is 4.90 Å². The van der Waals surface area contributed by atoms with Crippen LogP contribution >= 0.6 is 0 Å². The van der Waals surface area contributed by atoms with Crippen LogP contribution in [0.5, 0.6) is 0 Å². The average Bonchev–Trinajstić information content (AvgIpc) is 2.31. The van der Waals surface area contributed by atoms with Gasteiger partial charge in [-0.1, -0.05) is 37.6 Å². The number of piperidine rings is 1. The molecule has 1 heterocycles. The molecule has 90 valence electrons. The van der Waals surface area contributed by atoms with Crippen LogP contribution in [-0.2, 0) is 4.79 Å². The first kappa shape index (κ1) is 13.0. The van der Waals surface area contributed by atoms with Crippen LogP contribution < -0.4 is 0 Å². The van der Waals surface area contributed by atoms with Crippen molar-refractivity contribution < 1.29 is 4.79 Å². The van der Waals surface area contributed by atoms with Gasteiger partial charge in [0.05, 0.1) is 0 Å². The van der Waals surface area contributed by atoms with Crippen LogP contribution in [0.1, 0.15) is 45.4 Å². The Morgan fingerprint density at radius 3 is 2.56 bits per heavy atom. The van der Waals surface area contributed by atoms with Crippen molar-refractivity contribution in [3.63, 3.8) is 0 Å². The van der Waals surface area contributed by atoms with E-state index in [0.29, 0.717) is 12.3 Å². The summed E-state index contributed by atoms with van der Waals surface area (Å²) in [6, 6.07) is 0. The summed E-state index contributed by atoms with van der Waals surface area (Å²) in [5.41, 5.74) is 1.22. The van der Waals surface area contributed by atoms with Gasteiger partial charge in [0, 0.05) is 19.5 Å². The molecule has 0 aromatic rings. The Bertz CT molecular complexity index is 262. The topological polar surface area (TPSA) is 20.3 Å². The molecule has 2 nitrogen and oxygen atoms in total. The molecule has 0 aromatic carbocycles. The van der Waals surface area contributed by atoms with Gasteiger partial charge < -0.3 is 4.90 Å². The molecule has 0 atom stereocenters. The van der Waals surface area contributed by atoms with Crippen molar-refractivity contribution in [3.05, 3.63) is 24.3 Å². The second kappa shape index (κ2) is 7.26. The number of carbonyl (C=O) groups excluding carboxylic acids is 1. The van der Waals surface area contributed by atoms with Gasteiger partial charge in [-0.25, -0.2) is 0 Å². The molecule has 0 spiro atoms. The fourth-order valence-electron chi connectivity index (χ4n) is 2.17. The number of rotatable bonds is 5. The molecule has 0 saturated carbocycles. The Morgan fingerprint density at radius 1 is 1.31 bits per heavy atom. The van der Waals surface area contributed by atoms with E-state index in [9.17, 15) is 4.79 Å². The van der Waals surface area contributed by atoms with Gasteiger partial charge in [-0.2, -0.15) is 0 Å². The lowest BCUT2D eigenvalue weighted by Gasteiger charge is -2.27. The first-order chi connectivity index (χ1) is 7.77. The molecule has 0 N–H and O–H groups in total. The molecule has 1 fully saturated rings. The van der Waals surface area contributed by atoms with Gasteiger partial charge in [-0.15, -0.1) is 0 Å². The monoisotopic (exact) mass is 221 g/mol. The summed E-state index contributed by atoms with van der Waals surface area (Å²) in [4.78, 5) is 14.0. The fourth-order valence-corrected chi connectivity index (χ4v) is 2.17. The number of amides is 1. The van der Waals surface area contributed by atoms with Crippen molar-refractivity contribution in [2.45, 2.75) is 45.4 Å². The summed E-state index contributed by atoms with van der Waals surface area (Å²) < 4.78 is 0. The van der Waals surface area contributed by atoms with Crippen molar-refractivity contribution in [1.29, 1.82) is 0 Å². The van der Waals surface area contributed by atoms with E-state index < -0.39 is 0 Å². The van der Waals surface area contributed by atoms with E-state index in [4.69, 9.17) is 0 Å². The summed E-state index contributed by atoms with van der Waals surface area (Å²) in [5.74, 6) is 0.293. The van der Waals surface area contributed by atoms with Crippen LogP contribution in [-0.4, -0.2) is 23.9 Å². The van der Waals surface area contributed by atoms with E-state index in [0.717, 1.165) is 25.9 Å². The molecule has 2 heteroatoms. The summed E-state index contributed by atoms with van der Waals surface area (Å²) >= 11 is 0. The van der Waals surface area contributed by atoms with Crippen LogP contribution in [0.15, 0.2) is 24.3 Å². The molecule has 1 aliphatic rings. The summed E-state index contributed by atoms with van der Waals surface area (Å²) in [6.07, 6.45) is 10.1. The molecule has 16 heavy (non-hydrogen) atoms. The molecule has 1 aliphatic heterocycles. The highest BCUT2D eigenvalue weighted by atomic mass is 16.2. The lowest BCUT2D eigenvalue weighted by Crippen LogP contribution is -2.35. The molecule has 1 amide bonds. The maximum Gasteiger partial charge on any atom is 0.226 e. The average molecular weight is 221 g/mol. The van der Waals surface area contributed by atoms with Gasteiger partial charge in [0.25, 0.3) is 0 Å². The quantitative estimate of drug-likeness (QED) is 0.652. The van der Waals surface area contributed by atoms with Crippen molar-refractivity contribution in [2.75, 3.05) is 13.1 Å². The number of hydrogen-bond acceptors (Lipinski definition) is 1. The Kier molecular flexibility index (Phi) is 5.91. The third-order valence-corrected chi connectivity index (χ3v) is 3.01. The summed E-state index contributed by atoms with van der Waals surface area (Å²) in [6.45, 7) is 7.74. The zero-order chi connectivity index (χ0) is 11.8. The molecule has 0 bridgehead atoms. The Balaban J connectivity index is 2.46. The summed E-state index contributed by atoms with van der Waals surface area (Å²) in [5, 5.41) is 0. The maximum atomic E-state index is 12.0. The van der Waals surface area contributed by atoms with E-state index in [1.54, 1.807) is 6.08 Å². The van der Waals surface area contributed by atoms with Gasteiger partial charge >= 0.3 is 0 Å².